The zero-order valence-corrected chi connectivity index (χ0v) is 14.6. The first-order valence-electron chi connectivity index (χ1n) is 8.49. The highest BCUT2D eigenvalue weighted by atomic mass is 19.4. The quantitative estimate of drug-likeness (QED) is 0.548. The van der Waals surface area contributed by atoms with Gasteiger partial charge in [-0.05, 0) is 48.4 Å². The number of methoxy groups -OCH3 is 1. The number of anilines is 1. The molecule has 2 aromatic rings. The zero-order valence-electron chi connectivity index (χ0n) is 14.6. The van der Waals surface area contributed by atoms with E-state index in [0.29, 0.717) is 12.1 Å². The second-order valence-corrected chi connectivity index (χ2v) is 6.02. The standard InChI is InChI=1S/C20H24F3NO/c1-3-4-5-13-24(18-9-11-19(25-2)12-10-18)15-16-7-6-8-17(14-16)20(21,22)23/h6-12,14H,3-5,13,15H2,1-2H3. The van der Waals surface area contributed by atoms with E-state index in [2.05, 4.69) is 11.8 Å². The predicted octanol–water partition coefficient (Wildman–Crippen LogP) is 5.91. The van der Waals surface area contributed by atoms with E-state index in [1.807, 2.05) is 24.3 Å². The van der Waals surface area contributed by atoms with Gasteiger partial charge in [0.2, 0.25) is 0 Å². The SMILES string of the molecule is CCCCCN(Cc1cccc(C(F)(F)F)c1)c1ccc(OC)cc1. The van der Waals surface area contributed by atoms with Crippen molar-refractivity contribution in [3.8, 4) is 5.75 Å². The van der Waals surface area contributed by atoms with Gasteiger partial charge in [-0.3, -0.25) is 0 Å². The van der Waals surface area contributed by atoms with Crippen molar-refractivity contribution in [3.05, 3.63) is 59.7 Å². The number of unbranched alkanes of at least 4 members (excludes halogenated alkanes) is 2. The van der Waals surface area contributed by atoms with Crippen LogP contribution in [0, 0.1) is 0 Å². The molecule has 2 aromatic carbocycles. The number of benzene rings is 2. The molecule has 0 atom stereocenters. The third-order valence-electron chi connectivity index (χ3n) is 4.10. The maximum absolute atomic E-state index is 12.9. The largest absolute Gasteiger partial charge is 0.497 e. The lowest BCUT2D eigenvalue weighted by Crippen LogP contribution is -2.24. The number of hydrogen-bond donors (Lipinski definition) is 0. The van der Waals surface area contributed by atoms with Crippen LogP contribution in [0.3, 0.4) is 0 Å². The summed E-state index contributed by atoms with van der Waals surface area (Å²) in [4.78, 5) is 2.12. The number of alkyl halides is 3. The Labute approximate surface area is 147 Å². The Morgan fingerprint density at radius 3 is 2.32 bits per heavy atom. The van der Waals surface area contributed by atoms with Gasteiger partial charge in [0.15, 0.2) is 0 Å². The second kappa shape index (κ2) is 8.79. The van der Waals surface area contributed by atoms with Crippen molar-refractivity contribution in [2.45, 2.75) is 38.9 Å². The molecule has 0 radical (unpaired) electrons. The van der Waals surface area contributed by atoms with E-state index in [4.69, 9.17) is 4.74 Å². The molecule has 0 amide bonds. The summed E-state index contributed by atoms with van der Waals surface area (Å²) in [5.74, 6) is 0.760. The average Bonchev–Trinajstić information content (AvgIpc) is 2.61. The summed E-state index contributed by atoms with van der Waals surface area (Å²) in [6.45, 7) is 3.38. The van der Waals surface area contributed by atoms with E-state index < -0.39 is 11.7 Å². The highest BCUT2D eigenvalue weighted by Crippen LogP contribution is 2.30. The van der Waals surface area contributed by atoms with E-state index in [9.17, 15) is 13.2 Å². The fourth-order valence-electron chi connectivity index (χ4n) is 2.71. The van der Waals surface area contributed by atoms with E-state index in [1.165, 1.54) is 12.1 Å². The van der Waals surface area contributed by atoms with Crippen LogP contribution in [0.25, 0.3) is 0 Å². The molecule has 0 fully saturated rings. The molecule has 0 aliphatic carbocycles. The smallest absolute Gasteiger partial charge is 0.416 e. The molecule has 0 aromatic heterocycles. The summed E-state index contributed by atoms with van der Waals surface area (Å²) in [6, 6.07) is 13.2. The Balaban J connectivity index is 2.20. The highest BCUT2D eigenvalue weighted by Gasteiger charge is 2.30. The van der Waals surface area contributed by atoms with Crippen LogP contribution in [0.1, 0.15) is 37.3 Å². The monoisotopic (exact) mass is 351 g/mol. The molecular formula is C20H24F3NO. The van der Waals surface area contributed by atoms with Crippen molar-refractivity contribution in [2.75, 3.05) is 18.6 Å². The molecule has 0 heterocycles. The molecule has 0 N–H and O–H groups in total. The molecule has 2 nitrogen and oxygen atoms in total. The van der Waals surface area contributed by atoms with Crippen molar-refractivity contribution in [3.63, 3.8) is 0 Å². The van der Waals surface area contributed by atoms with Crippen LogP contribution in [0.5, 0.6) is 5.75 Å². The first-order chi connectivity index (χ1) is 11.9. The van der Waals surface area contributed by atoms with Crippen LogP contribution in [-0.4, -0.2) is 13.7 Å². The molecule has 0 aliphatic rings. The van der Waals surface area contributed by atoms with Crippen LogP contribution >= 0.6 is 0 Å². The summed E-state index contributed by atoms with van der Waals surface area (Å²) in [5, 5.41) is 0. The topological polar surface area (TPSA) is 12.5 Å². The lowest BCUT2D eigenvalue weighted by Gasteiger charge is -2.25. The summed E-state index contributed by atoms with van der Waals surface area (Å²) in [6.07, 6.45) is -1.13. The van der Waals surface area contributed by atoms with E-state index in [1.54, 1.807) is 13.2 Å². The minimum absolute atomic E-state index is 0.444. The van der Waals surface area contributed by atoms with Gasteiger partial charge in [0.25, 0.3) is 0 Å². The lowest BCUT2D eigenvalue weighted by molar-refractivity contribution is -0.137. The average molecular weight is 351 g/mol. The van der Waals surface area contributed by atoms with Gasteiger partial charge in [0, 0.05) is 18.8 Å². The normalized spacial score (nSPS) is 11.4. The number of rotatable bonds is 8. The first-order valence-corrected chi connectivity index (χ1v) is 8.49. The fraction of sp³-hybridized carbons (Fsp3) is 0.400. The molecule has 0 spiro atoms. The third-order valence-corrected chi connectivity index (χ3v) is 4.10. The molecule has 2 rings (SSSR count). The van der Waals surface area contributed by atoms with Gasteiger partial charge >= 0.3 is 6.18 Å². The van der Waals surface area contributed by atoms with Gasteiger partial charge in [-0.2, -0.15) is 13.2 Å². The van der Waals surface area contributed by atoms with Crippen molar-refractivity contribution in [1.29, 1.82) is 0 Å². The molecule has 0 aliphatic heterocycles. The van der Waals surface area contributed by atoms with Crippen LogP contribution in [0.4, 0.5) is 18.9 Å². The summed E-state index contributed by atoms with van der Waals surface area (Å²) >= 11 is 0. The minimum atomic E-state index is -4.32. The van der Waals surface area contributed by atoms with Gasteiger partial charge in [0.1, 0.15) is 5.75 Å². The molecule has 0 bridgehead atoms. The molecule has 0 saturated carbocycles. The van der Waals surface area contributed by atoms with Gasteiger partial charge < -0.3 is 9.64 Å². The van der Waals surface area contributed by atoms with E-state index in [0.717, 1.165) is 43.3 Å². The molecule has 0 unspecified atom stereocenters. The Morgan fingerprint density at radius 2 is 1.72 bits per heavy atom. The van der Waals surface area contributed by atoms with Gasteiger partial charge in [-0.25, -0.2) is 0 Å². The van der Waals surface area contributed by atoms with Gasteiger partial charge in [0.05, 0.1) is 12.7 Å². The summed E-state index contributed by atoms with van der Waals surface area (Å²) in [5.41, 5.74) is 1.03. The molecule has 25 heavy (non-hydrogen) atoms. The summed E-state index contributed by atoms with van der Waals surface area (Å²) < 4.78 is 44.0. The fourth-order valence-corrected chi connectivity index (χ4v) is 2.71. The van der Waals surface area contributed by atoms with E-state index >= 15 is 0 Å². The third kappa shape index (κ3) is 5.69. The van der Waals surface area contributed by atoms with Crippen molar-refractivity contribution in [2.24, 2.45) is 0 Å². The lowest BCUT2D eigenvalue weighted by atomic mass is 10.1. The Hall–Kier alpha value is -2.17. The number of halogens is 3. The highest BCUT2D eigenvalue weighted by molar-refractivity contribution is 5.49. The van der Waals surface area contributed by atoms with Crippen LogP contribution in [0.15, 0.2) is 48.5 Å². The predicted molar refractivity (Wildman–Crippen MR) is 95.0 cm³/mol. The maximum Gasteiger partial charge on any atom is 0.416 e. The maximum atomic E-state index is 12.9. The Morgan fingerprint density at radius 1 is 1.00 bits per heavy atom. The molecule has 0 saturated heterocycles. The van der Waals surface area contributed by atoms with Crippen LogP contribution in [0.2, 0.25) is 0 Å². The molecule has 136 valence electrons. The first kappa shape index (κ1) is 19.2. The summed E-state index contributed by atoms with van der Waals surface area (Å²) in [7, 11) is 1.61. The van der Waals surface area contributed by atoms with Gasteiger partial charge in [-0.15, -0.1) is 0 Å². The molecule has 5 heteroatoms. The Kier molecular flexibility index (Phi) is 6.73. The van der Waals surface area contributed by atoms with Crippen LogP contribution in [-0.2, 0) is 12.7 Å². The zero-order chi connectivity index (χ0) is 18.3. The minimum Gasteiger partial charge on any atom is -0.497 e. The number of hydrogen-bond acceptors (Lipinski definition) is 2. The van der Waals surface area contributed by atoms with E-state index in [-0.39, 0.29) is 0 Å². The van der Waals surface area contributed by atoms with Crippen molar-refractivity contribution < 1.29 is 17.9 Å². The Bertz CT molecular complexity index is 653. The van der Waals surface area contributed by atoms with Crippen molar-refractivity contribution >= 4 is 5.69 Å². The number of ether oxygens (including phenoxy) is 1. The second-order valence-electron chi connectivity index (χ2n) is 6.02. The molecular weight excluding hydrogens is 327 g/mol. The van der Waals surface area contributed by atoms with Gasteiger partial charge in [-0.1, -0.05) is 31.9 Å². The van der Waals surface area contributed by atoms with Crippen LogP contribution < -0.4 is 9.64 Å². The number of nitrogens with zero attached hydrogens (tertiary/aromatic N) is 1. The van der Waals surface area contributed by atoms with Crippen molar-refractivity contribution in [1.82, 2.24) is 0 Å².